The lowest BCUT2D eigenvalue weighted by Crippen LogP contribution is -2.41. The van der Waals surface area contributed by atoms with E-state index in [4.69, 9.17) is 0 Å². The third kappa shape index (κ3) is 3.85. The van der Waals surface area contributed by atoms with Crippen LogP contribution in [0.3, 0.4) is 0 Å². The van der Waals surface area contributed by atoms with Crippen molar-refractivity contribution in [3.05, 3.63) is 95.8 Å². The number of anilines is 1. The van der Waals surface area contributed by atoms with Gasteiger partial charge in [-0.15, -0.1) is 10.2 Å². The number of benzene rings is 3. The molecule has 6 nitrogen and oxygen atoms in total. The maximum Gasteiger partial charge on any atom is 0.240 e. The van der Waals surface area contributed by atoms with Crippen molar-refractivity contribution in [3.8, 4) is 11.4 Å². The molecule has 1 aliphatic heterocycles. The second-order valence-corrected chi connectivity index (χ2v) is 8.62. The third-order valence-corrected chi connectivity index (χ3v) is 6.57. The lowest BCUT2D eigenvalue weighted by molar-refractivity contribution is -0.116. The molecule has 0 spiro atoms. The van der Waals surface area contributed by atoms with Gasteiger partial charge in [0.15, 0.2) is 5.82 Å². The van der Waals surface area contributed by atoms with E-state index in [0.29, 0.717) is 11.0 Å². The lowest BCUT2D eigenvalue weighted by atomic mass is 10.0. The van der Waals surface area contributed by atoms with Crippen LogP contribution in [0.25, 0.3) is 11.4 Å². The van der Waals surface area contributed by atoms with E-state index in [-0.39, 0.29) is 11.7 Å². The molecule has 3 aromatic carbocycles. The summed E-state index contributed by atoms with van der Waals surface area (Å²) in [6, 6.07) is 23.1. The van der Waals surface area contributed by atoms with Crippen LogP contribution in [0.1, 0.15) is 17.2 Å². The standard InChI is InChI=1S/C24H20FN5OS/c1-15-7-5-6-10-19(15)26-23(31)21-20(16-11-13-18(25)14-12-16)29-30-22(27-28-24(30)32-21)17-8-3-2-4-9-17/h2-14,20-21,29H,1H3,(H,26,31)/t20-,21-/m1/s1. The molecule has 1 aromatic heterocycles. The smallest absolute Gasteiger partial charge is 0.240 e. The van der Waals surface area contributed by atoms with Crippen LogP contribution < -0.4 is 10.7 Å². The predicted octanol–water partition coefficient (Wildman–Crippen LogP) is 4.79. The molecule has 0 fully saturated rings. The fourth-order valence-electron chi connectivity index (χ4n) is 3.67. The number of rotatable bonds is 4. The molecule has 32 heavy (non-hydrogen) atoms. The van der Waals surface area contributed by atoms with Crippen LogP contribution in [0.2, 0.25) is 0 Å². The molecule has 160 valence electrons. The average molecular weight is 446 g/mol. The van der Waals surface area contributed by atoms with E-state index in [9.17, 15) is 9.18 Å². The van der Waals surface area contributed by atoms with Crippen molar-refractivity contribution < 1.29 is 9.18 Å². The van der Waals surface area contributed by atoms with Crippen molar-refractivity contribution >= 4 is 23.4 Å². The zero-order chi connectivity index (χ0) is 22.1. The number of thioether (sulfide) groups is 1. The topological polar surface area (TPSA) is 71.8 Å². The molecule has 8 heteroatoms. The molecular formula is C24H20FN5OS. The van der Waals surface area contributed by atoms with Crippen LogP contribution in [-0.4, -0.2) is 26.0 Å². The van der Waals surface area contributed by atoms with Gasteiger partial charge in [0.25, 0.3) is 0 Å². The second kappa shape index (κ2) is 8.47. The van der Waals surface area contributed by atoms with Gasteiger partial charge in [-0.3, -0.25) is 4.79 Å². The van der Waals surface area contributed by atoms with Crippen LogP contribution in [0.5, 0.6) is 0 Å². The van der Waals surface area contributed by atoms with Gasteiger partial charge in [0.1, 0.15) is 11.1 Å². The lowest BCUT2D eigenvalue weighted by Gasteiger charge is -2.33. The van der Waals surface area contributed by atoms with E-state index in [2.05, 4.69) is 20.9 Å². The zero-order valence-electron chi connectivity index (χ0n) is 17.2. The molecule has 0 radical (unpaired) electrons. The van der Waals surface area contributed by atoms with Gasteiger partial charge in [-0.05, 0) is 36.2 Å². The minimum absolute atomic E-state index is 0.165. The number of carbonyl (C=O) groups excluding carboxylic acids is 1. The van der Waals surface area contributed by atoms with Gasteiger partial charge in [-0.2, -0.15) is 0 Å². The minimum Gasteiger partial charge on any atom is -0.325 e. The summed E-state index contributed by atoms with van der Waals surface area (Å²) >= 11 is 1.33. The van der Waals surface area contributed by atoms with Crippen molar-refractivity contribution in [2.24, 2.45) is 0 Å². The number of hydrogen-bond acceptors (Lipinski definition) is 5. The van der Waals surface area contributed by atoms with E-state index in [1.807, 2.05) is 61.5 Å². The maximum absolute atomic E-state index is 13.6. The Labute approximate surface area is 188 Å². The SMILES string of the molecule is Cc1ccccc1NC(=O)[C@@H]1Sc2nnc(-c3ccccc3)n2N[C@@H]1c1ccc(F)cc1. The average Bonchev–Trinajstić information content (AvgIpc) is 3.24. The molecular weight excluding hydrogens is 425 g/mol. The summed E-state index contributed by atoms with van der Waals surface area (Å²) in [6.07, 6.45) is 0. The van der Waals surface area contributed by atoms with Gasteiger partial charge in [0.05, 0.1) is 6.04 Å². The number of fused-ring (bicyclic) bond motifs is 1. The van der Waals surface area contributed by atoms with E-state index in [1.165, 1.54) is 23.9 Å². The highest BCUT2D eigenvalue weighted by molar-refractivity contribution is 8.00. The predicted molar refractivity (Wildman–Crippen MR) is 123 cm³/mol. The molecule has 1 aliphatic rings. The molecule has 0 aliphatic carbocycles. The summed E-state index contributed by atoms with van der Waals surface area (Å²) in [5.41, 5.74) is 6.83. The van der Waals surface area contributed by atoms with Crippen LogP contribution in [0, 0.1) is 12.7 Å². The van der Waals surface area contributed by atoms with Crippen LogP contribution in [0.15, 0.2) is 84.0 Å². The van der Waals surface area contributed by atoms with Crippen molar-refractivity contribution in [1.29, 1.82) is 0 Å². The summed E-state index contributed by atoms with van der Waals surface area (Å²) < 4.78 is 15.4. The summed E-state index contributed by atoms with van der Waals surface area (Å²) in [4.78, 5) is 13.4. The van der Waals surface area contributed by atoms with Gasteiger partial charge in [0.2, 0.25) is 11.1 Å². The first-order valence-corrected chi connectivity index (χ1v) is 11.0. The van der Waals surface area contributed by atoms with Gasteiger partial charge in [-0.1, -0.05) is 72.4 Å². The van der Waals surface area contributed by atoms with Gasteiger partial charge in [0, 0.05) is 11.3 Å². The Bertz CT molecular complexity index is 1260. The summed E-state index contributed by atoms with van der Waals surface area (Å²) in [5.74, 6) is 0.160. The molecule has 2 heterocycles. The number of aromatic nitrogens is 3. The number of carbonyl (C=O) groups is 1. The second-order valence-electron chi connectivity index (χ2n) is 7.51. The van der Waals surface area contributed by atoms with Crippen LogP contribution >= 0.6 is 11.8 Å². The number of hydrogen-bond donors (Lipinski definition) is 2. The Morgan fingerprint density at radius 3 is 2.47 bits per heavy atom. The van der Waals surface area contributed by atoms with E-state index in [1.54, 1.807) is 16.8 Å². The Balaban J connectivity index is 1.52. The summed E-state index contributed by atoms with van der Waals surface area (Å²) in [6.45, 7) is 1.95. The Morgan fingerprint density at radius 1 is 1.00 bits per heavy atom. The van der Waals surface area contributed by atoms with Crippen molar-refractivity contribution in [3.63, 3.8) is 0 Å². The van der Waals surface area contributed by atoms with Gasteiger partial charge < -0.3 is 10.7 Å². The molecule has 1 amide bonds. The quantitative estimate of drug-likeness (QED) is 0.473. The number of nitrogens with zero attached hydrogens (tertiary/aromatic N) is 3. The minimum atomic E-state index is -0.541. The normalized spacial score (nSPS) is 17.3. The largest absolute Gasteiger partial charge is 0.325 e. The number of aryl methyl sites for hydroxylation is 1. The van der Waals surface area contributed by atoms with Crippen LogP contribution in [-0.2, 0) is 4.79 Å². The van der Waals surface area contributed by atoms with Gasteiger partial charge in [-0.25, -0.2) is 9.07 Å². The molecule has 0 saturated carbocycles. The molecule has 0 saturated heterocycles. The Kier molecular flexibility index (Phi) is 5.36. The molecule has 5 rings (SSSR count). The first-order chi connectivity index (χ1) is 15.6. The maximum atomic E-state index is 13.6. The van der Waals surface area contributed by atoms with Crippen LogP contribution in [0.4, 0.5) is 10.1 Å². The van der Waals surface area contributed by atoms with Crippen molar-refractivity contribution in [1.82, 2.24) is 14.9 Å². The fourth-order valence-corrected chi connectivity index (χ4v) is 4.75. The van der Waals surface area contributed by atoms with E-state index < -0.39 is 11.3 Å². The fraction of sp³-hybridized carbons (Fsp3) is 0.125. The molecule has 0 unspecified atom stereocenters. The number of amides is 1. The number of para-hydroxylation sites is 1. The molecule has 4 aromatic rings. The molecule has 2 atom stereocenters. The third-order valence-electron chi connectivity index (χ3n) is 5.36. The highest BCUT2D eigenvalue weighted by Crippen LogP contribution is 2.39. The number of halogens is 1. The van der Waals surface area contributed by atoms with E-state index >= 15 is 0 Å². The Hall–Kier alpha value is -3.65. The van der Waals surface area contributed by atoms with E-state index in [0.717, 1.165) is 22.4 Å². The monoisotopic (exact) mass is 445 g/mol. The first-order valence-electron chi connectivity index (χ1n) is 10.2. The highest BCUT2D eigenvalue weighted by Gasteiger charge is 2.38. The molecule has 2 N–H and O–H groups in total. The molecule has 0 bridgehead atoms. The number of nitrogens with one attached hydrogen (secondary N) is 2. The highest BCUT2D eigenvalue weighted by atomic mass is 32.2. The zero-order valence-corrected chi connectivity index (χ0v) is 18.0. The van der Waals surface area contributed by atoms with Crippen molar-refractivity contribution in [2.75, 3.05) is 10.7 Å². The van der Waals surface area contributed by atoms with Gasteiger partial charge >= 0.3 is 0 Å². The first kappa shape index (κ1) is 20.3. The Morgan fingerprint density at radius 2 is 1.72 bits per heavy atom. The summed E-state index contributed by atoms with van der Waals surface area (Å²) in [5, 5.41) is 11.7. The summed E-state index contributed by atoms with van der Waals surface area (Å²) in [7, 11) is 0. The van der Waals surface area contributed by atoms with Crippen molar-refractivity contribution in [2.45, 2.75) is 23.4 Å².